The third-order valence-corrected chi connectivity index (χ3v) is 7.93. The molecule has 5 aromatic rings. The molecule has 4 aromatic carbocycles. The largest absolute Gasteiger partial charge is 0.505 e. The zero-order valence-corrected chi connectivity index (χ0v) is 29.5. The minimum absolute atomic E-state index is 0.00915. The van der Waals surface area contributed by atoms with Gasteiger partial charge in [-0.3, -0.25) is 29.7 Å². The molecule has 8 N–H and O–H groups in total. The van der Waals surface area contributed by atoms with Crippen molar-refractivity contribution in [1.82, 2.24) is 25.5 Å². The van der Waals surface area contributed by atoms with Crippen LogP contribution in [0.1, 0.15) is 46.5 Å². The lowest BCUT2D eigenvalue weighted by Gasteiger charge is -2.17. The molecule has 14 nitrogen and oxygen atoms in total. The Balaban J connectivity index is 1.26. The summed E-state index contributed by atoms with van der Waals surface area (Å²) in [6.07, 6.45) is 0.648. The number of hydrogen-bond donors (Lipinski definition) is 7. The lowest BCUT2D eigenvalue weighted by Crippen LogP contribution is -2.35. The molecule has 278 valence electrons. The standard InChI is InChI=1S/C39H39FN8O6/c1-23(2)46-36-38(52)48(32(20-44-36)28-15-29(17-30(41)16-28)37(51)45-19-26-10-13-31(40)33(49)14-26)21-34(50)43-18-24-8-11-27(12-9-24)35(42)47-39(53)54-22-25-6-4-3-5-7-25/h3-17,20,23,49H,18-19,21-22,41H2,1-2H3,(H,43,50)(H,44,46)(H,45,51)(H2,42,47,53). The van der Waals surface area contributed by atoms with Gasteiger partial charge in [-0.05, 0) is 60.9 Å². The maximum absolute atomic E-state index is 13.7. The van der Waals surface area contributed by atoms with Gasteiger partial charge in [-0.15, -0.1) is 0 Å². The van der Waals surface area contributed by atoms with Crippen molar-refractivity contribution >= 4 is 35.2 Å². The topological polar surface area (TPSA) is 214 Å². The number of ether oxygens (including phenoxy) is 1. The van der Waals surface area contributed by atoms with E-state index < -0.39 is 41.6 Å². The summed E-state index contributed by atoms with van der Waals surface area (Å²) in [6.45, 7) is 3.42. The van der Waals surface area contributed by atoms with Gasteiger partial charge >= 0.3 is 6.09 Å². The molecule has 0 saturated carbocycles. The number of nitrogens with zero attached hydrogens (tertiary/aromatic N) is 2. The number of carbonyl (C=O) groups is 3. The smallest absolute Gasteiger partial charge is 0.413 e. The van der Waals surface area contributed by atoms with E-state index in [1.807, 2.05) is 44.2 Å². The lowest BCUT2D eigenvalue weighted by molar-refractivity contribution is -0.121. The second-order valence-electron chi connectivity index (χ2n) is 12.5. The molecular formula is C39H39FN8O6. The van der Waals surface area contributed by atoms with E-state index >= 15 is 0 Å². The van der Waals surface area contributed by atoms with Gasteiger partial charge in [0.25, 0.3) is 11.5 Å². The fourth-order valence-corrected chi connectivity index (χ4v) is 5.25. The molecule has 0 fully saturated rings. The van der Waals surface area contributed by atoms with Crippen LogP contribution in [0, 0.1) is 11.2 Å². The number of halogens is 1. The van der Waals surface area contributed by atoms with Crippen molar-refractivity contribution in [1.29, 1.82) is 5.41 Å². The number of nitrogen functional groups attached to an aromatic ring is 1. The molecule has 0 aliphatic carbocycles. The third-order valence-electron chi connectivity index (χ3n) is 7.93. The van der Waals surface area contributed by atoms with Crippen molar-refractivity contribution in [3.8, 4) is 17.0 Å². The Bertz CT molecular complexity index is 2230. The molecule has 54 heavy (non-hydrogen) atoms. The Morgan fingerprint density at radius 1 is 0.907 bits per heavy atom. The Kier molecular flexibility index (Phi) is 12.4. The number of amides is 3. The van der Waals surface area contributed by atoms with Gasteiger partial charge in [0.15, 0.2) is 17.4 Å². The van der Waals surface area contributed by atoms with Crippen LogP contribution in [0.5, 0.6) is 5.75 Å². The Morgan fingerprint density at radius 3 is 2.31 bits per heavy atom. The van der Waals surface area contributed by atoms with Gasteiger partial charge in [-0.1, -0.05) is 60.7 Å². The van der Waals surface area contributed by atoms with E-state index in [2.05, 4.69) is 26.3 Å². The van der Waals surface area contributed by atoms with Crippen LogP contribution in [0.3, 0.4) is 0 Å². The Hall–Kier alpha value is -7.03. The van der Waals surface area contributed by atoms with Crippen LogP contribution in [0.2, 0.25) is 0 Å². The lowest BCUT2D eigenvalue weighted by atomic mass is 10.1. The van der Waals surface area contributed by atoms with Crippen LogP contribution in [-0.4, -0.2) is 44.4 Å². The number of nitrogens with two attached hydrogens (primary N) is 1. The molecule has 1 heterocycles. The normalized spacial score (nSPS) is 10.7. The molecule has 0 unspecified atom stereocenters. The van der Waals surface area contributed by atoms with E-state index in [4.69, 9.17) is 15.9 Å². The minimum Gasteiger partial charge on any atom is -0.505 e. The Morgan fingerprint density at radius 2 is 1.61 bits per heavy atom. The van der Waals surface area contributed by atoms with Crippen molar-refractivity contribution < 1.29 is 28.6 Å². The van der Waals surface area contributed by atoms with Gasteiger partial charge in [0.05, 0.1) is 11.9 Å². The first kappa shape index (κ1) is 38.2. The average Bonchev–Trinajstić information content (AvgIpc) is 3.15. The van der Waals surface area contributed by atoms with Gasteiger partial charge < -0.3 is 31.5 Å². The number of rotatable bonds is 13. The number of phenols is 1. The van der Waals surface area contributed by atoms with E-state index in [-0.39, 0.29) is 54.3 Å². The monoisotopic (exact) mass is 734 g/mol. The first-order valence-corrected chi connectivity index (χ1v) is 16.8. The first-order chi connectivity index (χ1) is 25.9. The summed E-state index contributed by atoms with van der Waals surface area (Å²) in [5.74, 6) is -2.47. The van der Waals surface area contributed by atoms with Gasteiger partial charge in [0.1, 0.15) is 19.0 Å². The Labute approximate surface area is 309 Å². The highest BCUT2D eigenvalue weighted by Crippen LogP contribution is 2.24. The number of aromatic nitrogens is 2. The van der Waals surface area contributed by atoms with Crippen molar-refractivity contribution in [2.24, 2.45) is 0 Å². The zero-order chi connectivity index (χ0) is 38.8. The summed E-state index contributed by atoms with van der Waals surface area (Å²) < 4.78 is 19.9. The van der Waals surface area contributed by atoms with Crippen LogP contribution in [-0.2, 0) is 35.8 Å². The molecule has 0 bridgehead atoms. The number of benzene rings is 4. The summed E-state index contributed by atoms with van der Waals surface area (Å²) in [5.41, 5.74) is 8.93. The maximum atomic E-state index is 13.7. The van der Waals surface area contributed by atoms with Gasteiger partial charge in [0, 0.05) is 41.5 Å². The number of amidine groups is 1. The van der Waals surface area contributed by atoms with Crippen LogP contribution < -0.4 is 32.6 Å². The van der Waals surface area contributed by atoms with E-state index in [0.717, 1.165) is 11.6 Å². The van der Waals surface area contributed by atoms with Gasteiger partial charge in [0.2, 0.25) is 5.91 Å². The number of alkyl carbamates (subject to hydrolysis) is 1. The summed E-state index contributed by atoms with van der Waals surface area (Å²) in [7, 11) is 0. The number of nitrogens with one attached hydrogen (secondary N) is 5. The predicted molar refractivity (Wildman–Crippen MR) is 201 cm³/mol. The van der Waals surface area contributed by atoms with Gasteiger partial charge in [-0.2, -0.15) is 0 Å². The van der Waals surface area contributed by atoms with Crippen molar-refractivity contribution in [3.05, 3.63) is 141 Å². The van der Waals surface area contributed by atoms with E-state index in [9.17, 15) is 28.7 Å². The molecular weight excluding hydrogens is 695 g/mol. The molecule has 0 radical (unpaired) electrons. The molecule has 15 heteroatoms. The van der Waals surface area contributed by atoms with Crippen LogP contribution in [0.15, 0.2) is 102 Å². The highest BCUT2D eigenvalue weighted by molar-refractivity contribution is 6.04. The maximum Gasteiger partial charge on any atom is 0.413 e. The minimum atomic E-state index is -0.783. The van der Waals surface area contributed by atoms with Crippen molar-refractivity contribution in [2.75, 3.05) is 11.1 Å². The van der Waals surface area contributed by atoms with E-state index in [0.29, 0.717) is 22.3 Å². The number of aromatic hydroxyl groups is 1. The molecule has 0 aliphatic heterocycles. The molecule has 5 rings (SSSR count). The molecule has 0 saturated heterocycles. The third kappa shape index (κ3) is 10.3. The zero-order valence-electron chi connectivity index (χ0n) is 29.5. The highest BCUT2D eigenvalue weighted by Gasteiger charge is 2.18. The van der Waals surface area contributed by atoms with Crippen LogP contribution >= 0.6 is 0 Å². The quantitative estimate of drug-likeness (QED) is 0.0509. The second-order valence-corrected chi connectivity index (χ2v) is 12.5. The summed E-state index contributed by atoms with van der Waals surface area (Å²) in [6, 6.07) is 23.8. The molecule has 3 amide bonds. The fourth-order valence-electron chi connectivity index (χ4n) is 5.25. The summed E-state index contributed by atoms with van der Waals surface area (Å²) in [4.78, 5) is 56.5. The number of carbonyl (C=O) groups excluding carboxylic acids is 3. The first-order valence-electron chi connectivity index (χ1n) is 16.8. The van der Waals surface area contributed by atoms with Crippen molar-refractivity contribution in [3.63, 3.8) is 0 Å². The molecule has 0 atom stereocenters. The van der Waals surface area contributed by atoms with E-state index in [1.165, 1.54) is 35.0 Å². The molecule has 0 spiro atoms. The average molecular weight is 735 g/mol. The number of anilines is 2. The fraction of sp³-hybridized carbons (Fsp3) is 0.179. The predicted octanol–water partition coefficient (Wildman–Crippen LogP) is 4.66. The molecule has 1 aromatic heterocycles. The SMILES string of the molecule is CC(C)Nc1ncc(-c2cc(N)cc(C(=O)NCc3ccc(F)c(O)c3)c2)n(CC(=O)NCc2ccc(C(=N)NC(=O)OCc3ccccc3)cc2)c1=O. The van der Waals surface area contributed by atoms with Crippen molar-refractivity contribution in [2.45, 2.75) is 46.1 Å². The van der Waals surface area contributed by atoms with Crippen LogP contribution in [0.25, 0.3) is 11.3 Å². The highest BCUT2D eigenvalue weighted by atomic mass is 19.1. The molecule has 0 aliphatic rings. The van der Waals surface area contributed by atoms with Crippen LogP contribution in [0.4, 0.5) is 20.7 Å². The van der Waals surface area contributed by atoms with E-state index in [1.54, 1.807) is 30.3 Å². The van der Waals surface area contributed by atoms with Gasteiger partial charge in [-0.25, -0.2) is 14.2 Å². The number of hydrogen-bond acceptors (Lipinski definition) is 10. The summed E-state index contributed by atoms with van der Waals surface area (Å²) in [5, 5.41) is 28.7. The second kappa shape index (κ2) is 17.5. The number of phenolic OH excluding ortho intramolecular Hbond substituents is 1. The summed E-state index contributed by atoms with van der Waals surface area (Å²) >= 11 is 0.